The molecule has 0 bridgehead atoms. The molecule has 3 aromatic rings. The van der Waals surface area contributed by atoms with Gasteiger partial charge in [0.1, 0.15) is 6.54 Å². The van der Waals surface area contributed by atoms with Crippen LogP contribution in [0.3, 0.4) is 0 Å². The molecule has 170 valence electrons. The van der Waals surface area contributed by atoms with Crippen molar-refractivity contribution >= 4 is 5.91 Å². The van der Waals surface area contributed by atoms with Crippen LogP contribution in [0.1, 0.15) is 65.1 Å². The molecule has 1 unspecified atom stereocenters. The molecule has 0 aliphatic carbocycles. The van der Waals surface area contributed by atoms with E-state index in [-0.39, 0.29) is 5.91 Å². The summed E-state index contributed by atoms with van der Waals surface area (Å²) in [5.41, 5.74) is 1.42. The highest BCUT2D eigenvalue weighted by atomic mass is 16.5. The fourth-order valence-electron chi connectivity index (χ4n) is 4.43. The lowest BCUT2D eigenvalue weighted by Crippen LogP contribution is -2.29. The summed E-state index contributed by atoms with van der Waals surface area (Å²) in [5.74, 6) is 2.76. The average molecular weight is 441 g/mol. The number of hydrogen-bond donors (Lipinski definition) is 0. The minimum absolute atomic E-state index is 0.0829. The van der Waals surface area contributed by atoms with Crippen LogP contribution < -0.4 is 0 Å². The molecule has 10 nitrogen and oxygen atoms in total. The van der Waals surface area contributed by atoms with Gasteiger partial charge in [0, 0.05) is 50.9 Å². The molecule has 2 saturated heterocycles. The summed E-state index contributed by atoms with van der Waals surface area (Å²) < 4.78 is 18.0. The second-order valence-corrected chi connectivity index (χ2v) is 8.77. The van der Waals surface area contributed by atoms with Crippen LogP contribution in [0, 0.1) is 12.8 Å². The van der Waals surface area contributed by atoms with E-state index >= 15 is 0 Å². The molecule has 0 spiro atoms. The Bertz CT molecular complexity index is 1050. The predicted molar refractivity (Wildman–Crippen MR) is 112 cm³/mol. The van der Waals surface area contributed by atoms with Gasteiger partial charge >= 0.3 is 0 Å². The summed E-state index contributed by atoms with van der Waals surface area (Å²) in [5, 5.41) is 12.4. The topological polar surface area (TPSA) is 112 Å². The van der Waals surface area contributed by atoms with Gasteiger partial charge < -0.3 is 18.7 Å². The molecule has 5 heterocycles. The SMILES string of the molecule is Cc1cnn(Cc2cc(C(=O)N3CCC(CCc4noc(C5CCOCC5)n4)C3)no2)c1. The van der Waals surface area contributed by atoms with Gasteiger partial charge in [-0.3, -0.25) is 9.48 Å². The summed E-state index contributed by atoms with van der Waals surface area (Å²) in [6.07, 6.45) is 8.24. The highest BCUT2D eigenvalue weighted by Crippen LogP contribution is 2.27. The van der Waals surface area contributed by atoms with Crippen molar-refractivity contribution in [2.24, 2.45) is 5.92 Å². The molecule has 2 aliphatic rings. The maximum absolute atomic E-state index is 12.8. The van der Waals surface area contributed by atoms with Crippen molar-refractivity contribution in [1.29, 1.82) is 0 Å². The third-order valence-corrected chi connectivity index (χ3v) is 6.26. The predicted octanol–water partition coefficient (Wildman–Crippen LogP) is 2.60. The zero-order valence-corrected chi connectivity index (χ0v) is 18.3. The number of carbonyl (C=O) groups is 1. The molecule has 10 heteroatoms. The first-order valence-electron chi connectivity index (χ1n) is 11.3. The zero-order chi connectivity index (χ0) is 21.9. The van der Waals surface area contributed by atoms with Crippen molar-refractivity contribution < 1.29 is 18.6 Å². The highest BCUT2D eigenvalue weighted by molar-refractivity contribution is 5.92. The van der Waals surface area contributed by atoms with E-state index in [0.29, 0.717) is 36.4 Å². The van der Waals surface area contributed by atoms with Gasteiger partial charge in [0.2, 0.25) is 5.89 Å². The molecule has 3 aromatic heterocycles. The van der Waals surface area contributed by atoms with E-state index < -0.39 is 0 Å². The number of ether oxygens (including phenoxy) is 1. The van der Waals surface area contributed by atoms with Crippen molar-refractivity contribution in [3.05, 3.63) is 47.2 Å². The van der Waals surface area contributed by atoms with Gasteiger partial charge in [0.25, 0.3) is 5.91 Å². The maximum atomic E-state index is 12.8. The van der Waals surface area contributed by atoms with Crippen molar-refractivity contribution in [3.8, 4) is 0 Å². The van der Waals surface area contributed by atoms with Crippen LogP contribution in [0.2, 0.25) is 0 Å². The van der Waals surface area contributed by atoms with E-state index in [4.69, 9.17) is 13.8 Å². The number of rotatable bonds is 7. The molecule has 0 aromatic carbocycles. The van der Waals surface area contributed by atoms with Crippen molar-refractivity contribution in [2.45, 2.75) is 51.5 Å². The van der Waals surface area contributed by atoms with E-state index in [0.717, 1.165) is 69.1 Å². The molecular formula is C22H28N6O4. The van der Waals surface area contributed by atoms with Gasteiger partial charge in [-0.1, -0.05) is 10.3 Å². The minimum Gasteiger partial charge on any atom is -0.381 e. The molecular weight excluding hydrogens is 412 g/mol. The number of aryl methyl sites for hydroxylation is 2. The van der Waals surface area contributed by atoms with Gasteiger partial charge in [-0.2, -0.15) is 10.1 Å². The van der Waals surface area contributed by atoms with Crippen molar-refractivity contribution in [3.63, 3.8) is 0 Å². The van der Waals surface area contributed by atoms with Crippen LogP contribution >= 0.6 is 0 Å². The highest BCUT2D eigenvalue weighted by Gasteiger charge is 2.29. The van der Waals surface area contributed by atoms with Crippen LogP contribution in [0.15, 0.2) is 27.5 Å². The largest absolute Gasteiger partial charge is 0.381 e. The number of hydrogen-bond acceptors (Lipinski definition) is 8. The molecule has 32 heavy (non-hydrogen) atoms. The monoisotopic (exact) mass is 440 g/mol. The lowest BCUT2D eigenvalue weighted by molar-refractivity contribution is 0.0775. The van der Waals surface area contributed by atoms with Crippen LogP contribution in [-0.2, 0) is 17.7 Å². The first-order valence-corrected chi connectivity index (χ1v) is 11.3. The normalized spacial score (nSPS) is 19.7. The Hall–Kier alpha value is -3.01. The number of amides is 1. The number of nitrogens with zero attached hydrogens (tertiary/aromatic N) is 6. The Morgan fingerprint density at radius 3 is 2.88 bits per heavy atom. The molecule has 2 aliphatic heterocycles. The smallest absolute Gasteiger partial charge is 0.276 e. The van der Waals surface area contributed by atoms with Gasteiger partial charge in [0.05, 0.1) is 6.20 Å². The van der Waals surface area contributed by atoms with Crippen molar-refractivity contribution in [1.82, 2.24) is 30.0 Å². The molecule has 2 fully saturated rings. The van der Waals surface area contributed by atoms with E-state index in [1.807, 2.05) is 18.0 Å². The van der Waals surface area contributed by atoms with E-state index in [1.54, 1.807) is 16.9 Å². The first-order chi connectivity index (χ1) is 15.6. The fourth-order valence-corrected chi connectivity index (χ4v) is 4.43. The quantitative estimate of drug-likeness (QED) is 0.551. The summed E-state index contributed by atoms with van der Waals surface area (Å²) in [6, 6.07) is 1.71. The summed E-state index contributed by atoms with van der Waals surface area (Å²) in [6.45, 7) is 5.38. The van der Waals surface area contributed by atoms with Crippen LogP contribution in [0.4, 0.5) is 0 Å². The van der Waals surface area contributed by atoms with Gasteiger partial charge in [0.15, 0.2) is 17.3 Å². The number of carbonyl (C=O) groups excluding carboxylic acids is 1. The minimum atomic E-state index is -0.0829. The number of aromatic nitrogens is 5. The zero-order valence-electron chi connectivity index (χ0n) is 18.3. The van der Waals surface area contributed by atoms with Gasteiger partial charge in [-0.15, -0.1) is 0 Å². The van der Waals surface area contributed by atoms with Crippen LogP contribution in [0.25, 0.3) is 0 Å². The Balaban J connectivity index is 1.11. The number of likely N-dealkylation sites (tertiary alicyclic amines) is 1. The van der Waals surface area contributed by atoms with E-state index in [2.05, 4.69) is 20.4 Å². The molecule has 1 atom stereocenters. The van der Waals surface area contributed by atoms with Gasteiger partial charge in [-0.05, 0) is 44.1 Å². The second kappa shape index (κ2) is 9.23. The molecule has 0 radical (unpaired) electrons. The third-order valence-electron chi connectivity index (χ3n) is 6.26. The van der Waals surface area contributed by atoms with Crippen molar-refractivity contribution in [2.75, 3.05) is 26.3 Å². The summed E-state index contributed by atoms with van der Waals surface area (Å²) >= 11 is 0. The summed E-state index contributed by atoms with van der Waals surface area (Å²) in [7, 11) is 0. The molecule has 1 amide bonds. The molecule has 0 N–H and O–H groups in total. The van der Waals surface area contributed by atoms with E-state index in [1.165, 1.54) is 0 Å². The van der Waals surface area contributed by atoms with Gasteiger partial charge in [-0.25, -0.2) is 0 Å². The molecule has 5 rings (SSSR count). The Kier molecular flexibility index (Phi) is 6.02. The van der Waals surface area contributed by atoms with Crippen LogP contribution in [-0.4, -0.2) is 62.2 Å². The average Bonchev–Trinajstić information content (AvgIpc) is 3.61. The standard InChI is InChI=1S/C22H28N6O4/c1-15-11-23-28(12-15)14-18-10-19(25-31-18)22(29)27-7-4-16(13-27)2-3-20-24-21(32-26-20)17-5-8-30-9-6-17/h10-12,16-17H,2-9,13-14H2,1H3. The Morgan fingerprint density at radius 2 is 2.06 bits per heavy atom. The maximum Gasteiger partial charge on any atom is 0.276 e. The summed E-state index contributed by atoms with van der Waals surface area (Å²) in [4.78, 5) is 19.3. The Morgan fingerprint density at radius 1 is 1.19 bits per heavy atom. The second-order valence-electron chi connectivity index (χ2n) is 8.77. The van der Waals surface area contributed by atoms with E-state index in [9.17, 15) is 4.79 Å². The van der Waals surface area contributed by atoms with Crippen LogP contribution in [0.5, 0.6) is 0 Å². The lowest BCUT2D eigenvalue weighted by Gasteiger charge is -2.17. The fraction of sp³-hybridized carbons (Fsp3) is 0.591. The lowest BCUT2D eigenvalue weighted by atomic mass is 10.0. The Labute approximate surface area is 185 Å². The third kappa shape index (κ3) is 4.74. The molecule has 0 saturated carbocycles. The first kappa shape index (κ1) is 20.9.